The van der Waals surface area contributed by atoms with E-state index in [1.54, 1.807) is 6.26 Å². The Morgan fingerprint density at radius 2 is 1.81 bits per heavy atom. The SMILES string of the molecule is c1ccc(COc2cccc(C(c3ccco3)N3CCNCC3)c2)cc1. The average molecular weight is 348 g/mol. The predicted octanol–water partition coefficient (Wildman–Crippen LogP) is 3.85. The van der Waals surface area contributed by atoms with Crippen molar-refractivity contribution in [1.82, 2.24) is 10.2 Å². The summed E-state index contributed by atoms with van der Waals surface area (Å²) < 4.78 is 11.8. The minimum Gasteiger partial charge on any atom is -0.489 e. The quantitative estimate of drug-likeness (QED) is 0.734. The molecule has 134 valence electrons. The monoisotopic (exact) mass is 348 g/mol. The highest BCUT2D eigenvalue weighted by Crippen LogP contribution is 2.31. The smallest absolute Gasteiger partial charge is 0.125 e. The zero-order chi connectivity index (χ0) is 17.6. The van der Waals surface area contributed by atoms with Crippen molar-refractivity contribution in [2.75, 3.05) is 26.2 Å². The zero-order valence-electron chi connectivity index (χ0n) is 14.8. The molecule has 1 saturated heterocycles. The minimum absolute atomic E-state index is 0.118. The van der Waals surface area contributed by atoms with Crippen molar-refractivity contribution in [3.05, 3.63) is 89.9 Å². The lowest BCUT2D eigenvalue weighted by Crippen LogP contribution is -2.45. The Hall–Kier alpha value is -2.56. The first-order valence-electron chi connectivity index (χ1n) is 9.15. The third kappa shape index (κ3) is 3.98. The molecule has 1 atom stereocenters. The molecular weight excluding hydrogens is 324 g/mol. The van der Waals surface area contributed by atoms with Crippen LogP contribution in [-0.4, -0.2) is 31.1 Å². The van der Waals surface area contributed by atoms with E-state index in [9.17, 15) is 0 Å². The van der Waals surface area contributed by atoms with Crippen LogP contribution in [0.15, 0.2) is 77.4 Å². The second kappa shape index (κ2) is 8.21. The lowest BCUT2D eigenvalue weighted by atomic mass is 10.0. The van der Waals surface area contributed by atoms with Gasteiger partial charge in [-0.2, -0.15) is 0 Å². The first-order chi connectivity index (χ1) is 12.9. The molecule has 4 rings (SSSR count). The van der Waals surface area contributed by atoms with E-state index in [4.69, 9.17) is 9.15 Å². The number of hydrogen-bond donors (Lipinski definition) is 1. The Morgan fingerprint density at radius 1 is 0.962 bits per heavy atom. The van der Waals surface area contributed by atoms with Crippen molar-refractivity contribution < 1.29 is 9.15 Å². The Bertz CT molecular complexity index is 796. The van der Waals surface area contributed by atoms with Gasteiger partial charge in [-0.15, -0.1) is 0 Å². The molecule has 1 aliphatic rings. The van der Waals surface area contributed by atoms with E-state index in [0.29, 0.717) is 6.61 Å². The summed E-state index contributed by atoms with van der Waals surface area (Å²) >= 11 is 0. The summed E-state index contributed by atoms with van der Waals surface area (Å²) in [5, 5.41) is 3.42. The van der Waals surface area contributed by atoms with E-state index in [-0.39, 0.29) is 6.04 Å². The summed E-state index contributed by atoms with van der Waals surface area (Å²) in [6.07, 6.45) is 1.75. The number of furan rings is 1. The Labute approximate surface area is 154 Å². The first kappa shape index (κ1) is 16.9. The van der Waals surface area contributed by atoms with Gasteiger partial charge in [-0.25, -0.2) is 0 Å². The van der Waals surface area contributed by atoms with Gasteiger partial charge < -0.3 is 14.5 Å². The number of hydrogen-bond acceptors (Lipinski definition) is 4. The van der Waals surface area contributed by atoms with Gasteiger partial charge in [0, 0.05) is 26.2 Å². The fourth-order valence-corrected chi connectivity index (χ4v) is 3.46. The van der Waals surface area contributed by atoms with Crippen LogP contribution in [0.3, 0.4) is 0 Å². The summed E-state index contributed by atoms with van der Waals surface area (Å²) in [6.45, 7) is 4.58. The number of benzene rings is 2. The molecule has 0 amide bonds. The van der Waals surface area contributed by atoms with Crippen LogP contribution in [0.2, 0.25) is 0 Å². The second-order valence-electron chi connectivity index (χ2n) is 6.55. The molecule has 1 unspecified atom stereocenters. The molecule has 1 aromatic heterocycles. The van der Waals surface area contributed by atoms with Crippen molar-refractivity contribution >= 4 is 0 Å². The van der Waals surface area contributed by atoms with Crippen LogP contribution < -0.4 is 10.1 Å². The maximum Gasteiger partial charge on any atom is 0.125 e. The van der Waals surface area contributed by atoms with Gasteiger partial charge in [-0.1, -0.05) is 42.5 Å². The lowest BCUT2D eigenvalue weighted by Gasteiger charge is -2.34. The molecule has 4 heteroatoms. The van der Waals surface area contributed by atoms with Crippen LogP contribution in [0.4, 0.5) is 0 Å². The van der Waals surface area contributed by atoms with Crippen LogP contribution in [0, 0.1) is 0 Å². The molecule has 2 heterocycles. The molecule has 26 heavy (non-hydrogen) atoms. The van der Waals surface area contributed by atoms with E-state index in [2.05, 4.69) is 46.6 Å². The second-order valence-corrected chi connectivity index (χ2v) is 6.55. The fourth-order valence-electron chi connectivity index (χ4n) is 3.46. The fraction of sp³-hybridized carbons (Fsp3) is 0.273. The lowest BCUT2D eigenvalue weighted by molar-refractivity contribution is 0.179. The molecule has 0 spiro atoms. The van der Waals surface area contributed by atoms with Gasteiger partial charge in [0.15, 0.2) is 0 Å². The topological polar surface area (TPSA) is 37.6 Å². The predicted molar refractivity (Wildman–Crippen MR) is 102 cm³/mol. The molecule has 1 N–H and O–H groups in total. The van der Waals surface area contributed by atoms with Crippen LogP contribution >= 0.6 is 0 Å². The summed E-state index contributed by atoms with van der Waals surface area (Å²) in [7, 11) is 0. The zero-order valence-corrected chi connectivity index (χ0v) is 14.8. The Morgan fingerprint density at radius 3 is 2.58 bits per heavy atom. The van der Waals surface area contributed by atoms with E-state index in [0.717, 1.165) is 37.7 Å². The number of rotatable bonds is 6. The molecule has 1 fully saturated rings. The Balaban J connectivity index is 1.56. The van der Waals surface area contributed by atoms with Gasteiger partial charge in [0.1, 0.15) is 18.1 Å². The van der Waals surface area contributed by atoms with Crippen molar-refractivity contribution in [3.63, 3.8) is 0 Å². The van der Waals surface area contributed by atoms with Crippen molar-refractivity contribution in [2.45, 2.75) is 12.6 Å². The summed E-state index contributed by atoms with van der Waals surface area (Å²) in [6, 6.07) is 22.8. The summed E-state index contributed by atoms with van der Waals surface area (Å²) in [5.41, 5.74) is 2.37. The molecule has 0 saturated carbocycles. The van der Waals surface area contributed by atoms with E-state index < -0.39 is 0 Å². The van der Waals surface area contributed by atoms with E-state index >= 15 is 0 Å². The first-order valence-corrected chi connectivity index (χ1v) is 9.15. The van der Waals surface area contributed by atoms with Gasteiger partial charge >= 0.3 is 0 Å². The van der Waals surface area contributed by atoms with Crippen molar-refractivity contribution in [3.8, 4) is 5.75 Å². The standard InChI is InChI=1S/C22H24N2O2/c1-2-6-18(7-3-1)17-26-20-9-4-8-19(16-20)22(21-10-5-15-25-21)24-13-11-23-12-14-24/h1-10,15-16,22-23H,11-14,17H2. The number of ether oxygens (including phenoxy) is 1. The summed E-state index contributed by atoms with van der Waals surface area (Å²) in [5.74, 6) is 1.87. The van der Waals surface area contributed by atoms with Crippen LogP contribution in [-0.2, 0) is 6.61 Å². The van der Waals surface area contributed by atoms with Gasteiger partial charge in [-0.3, -0.25) is 4.90 Å². The van der Waals surface area contributed by atoms with Crippen molar-refractivity contribution in [1.29, 1.82) is 0 Å². The molecule has 2 aromatic carbocycles. The summed E-state index contributed by atoms with van der Waals surface area (Å²) in [4.78, 5) is 2.46. The number of piperazine rings is 1. The number of nitrogens with zero attached hydrogens (tertiary/aromatic N) is 1. The Kier molecular flexibility index (Phi) is 5.33. The van der Waals surface area contributed by atoms with Crippen LogP contribution in [0.1, 0.15) is 22.9 Å². The van der Waals surface area contributed by atoms with E-state index in [1.807, 2.05) is 30.3 Å². The van der Waals surface area contributed by atoms with Gasteiger partial charge in [-0.05, 0) is 35.4 Å². The largest absolute Gasteiger partial charge is 0.489 e. The highest BCUT2D eigenvalue weighted by molar-refractivity contribution is 5.34. The molecule has 0 bridgehead atoms. The molecule has 1 aliphatic heterocycles. The molecule has 0 aliphatic carbocycles. The number of nitrogens with one attached hydrogen (secondary N) is 1. The third-order valence-electron chi connectivity index (χ3n) is 4.75. The van der Waals surface area contributed by atoms with E-state index in [1.165, 1.54) is 11.1 Å². The normalized spacial score (nSPS) is 16.3. The van der Waals surface area contributed by atoms with Crippen molar-refractivity contribution in [2.24, 2.45) is 0 Å². The van der Waals surface area contributed by atoms with Gasteiger partial charge in [0.25, 0.3) is 0 Å². The molecule has 4 nitrogen and oxygen atoms in total. The minimum atomic E-state index is 0.118. The van der Waals surface area contributed by atoms with Gasteiger partial charge in [0.05, 0.1) is 12.3 Å². The maximum absolute atomic E-state index is 6.03. The average Bonchev–Trinajstić information content (AvgIpc) is 3.23. The molecule has 3 aromatic rings. The maximum atomic E-state index is 6.03. The highest BCUT2D eigenvalue weighted by atomic mass is 16.5. The van der Waals surface area contributed by atoms with Crippen LogP contribution in [0.5, 0.6) is 5.75 Å². The van der Waals surface area contributed by atoms with Gasteiger partial charge in [0.2, 0.25) is 0 Å². The van der Waals surface area contributed by atoms with Crippen LogP contribution in [0.25, 0.3) is 0 Å². The molecule has 0 radical (unpaired) electrons. The highest BCUT2D eigenvalue weighted by Gasteiger charge is 2.26. The molecular formula is C22H24N2O2. The third-order valence-corrected chi connectivity index (χ3v) is 4.75.